The summed E-state index contributed by atoms with van der Waals surface area (Å²) in [5.74, 6) is -1.45. The van der Waals surface area contributed by atoms with Crippen LogP contribution in [-0.4, -0.2) is 39.1 Å². The Balaban J connectivity index is 1.51. The van der Waals surface area contributed by atoms with Crippen molar-refractivity contribution in [1.29, 1.82) is 0 Å². The molecule has 1 atom stereocenters. The Kier molecular flexibility index (Phi) is 5.46. The standard InChI is InChI=1S/C27H25F2N3O3/c1-16-14-31(15-30-16)22-8-5-17(11-23(22)34-4)12-24-26(33)32-21(9-10-25(32)27(2,3)35-24)18-6-7-19(28)20(29)13-18/h5-9,11-15,25H,10H2,1-4H3/b24-12+/t25-/m0/s1. The van der Waals surface area contributed by atoms with E-state index in [2.05, 4.69) is 4.98 Å². The number of carbonyl (C=O) groups is 1. The van der Waals surface area contributed by atoms with Crippen molar-refractivity contribution in [2.75, 3.05) is 7.11 Å². The number of aromatic nitrogens is 2. The number of methoxy groups -OCH3 is 1. The molecule has 2 aliphatic rings. The first kappa shape index (κ1) is 22.8. The first-order valence-electron chi connectivity index (χ1n) is 11.3. The minimum atomic E-state index is -0.956. The van der Waals surface area contributed by atoms with Crippen LogP contribution < -0.4 is 4.74 Å². The molecule has 6 nitrogen and oxygen atoms in total. The number of hydrogen-bond acceptors (Lipinski definition) is 4. The molecule has 0 saturated carbocycles. The number of ether oxygens (including phenoxy) is 2. The molecule has 1 saturated heterocycles. The Morgan fingerprint density at radius 2 is 1.97 bits per heavy atom. The maximum atomic E-state index is 13.9. The number of nitrogens with zero attached hydrogens (tertiary/aromatic N) is 3. The van der Waals surface area contributed by atoms with Gasteiger partial charge in [0.25, 0.3) is 5.91 Å². The number of halogens is 2. The lowest BCUT2D eigenvalue weighted by Gasteiger charge is -2.44. The fraction of sp³-hybridized carbons (Fsp3) is 0.259. The highest BCUT2D eigenvalue weighted by Crippen LogP contribution is 2.43. The quantitative estimate of drug-likeness (QED) is 0.481. The summed E-state index contributed by atoms with van der Waals surface area (Å²) in [6.07, 6.45) is 7.70. The number of aryl methyl sites for hydroxylation is 1. The molecule has 3 aromatic rings. The third kappa shape index (κ3) is 3.99. The Morgan fingerprint density at radius 1 is 1.17 bits per heavy atom. The van der Waals surface area contributed by atoms with Gasteiger partial charge in [0.05, 0.1) is 30.9 Å². The third-order valence-corrected chi connectivity index (χ3v) is 6.42. The third-order valence-electron chi connectivity index (χ3n) is 6.42. The molecular formula is C27H25F2N3O3. The minimum Gasteiger partial charge on any atom is -0.495 e. The zero-order valence-corrected chi connectivity index (χ0v) is 19.9. The lowest BCUT2D eigenvalue weighted by Crippen LogP contribution is -2.55. The first-order chi connectivity index (χ1) is 16.7. The van der Waals surface area contributed by atoms with Crippen molar-refractivity contribution < 1.29 is 23.0 Å². The lowest BCUT2D eigenvalue weighted by atomic mass is 9.93. The van der Waals surface area contributed by atoms with E-state index in [1.54, 1.807) is 24.4 Å². The van der Waals surface area contributed by atoms with Gasteiger partial charge >= 0.3 is 0 Å². The molecule has 0 bridgehead atoms. The van der Waals surface area contributed by atoms with Gasteiger partial charge in [-0.15, -0.1) is 0 Å². The number of carbonyl (C=O) groups excluding carboxylic acids is 1. The van der Waals surface area contributed by atoms with Crippen LogP contribution in [0.15, 0.2) is 60.8 Å². The number of benzene rings is 2. The summed E-state index contributed by atoms with van der Waals surface area (Å²) in [5.41, 5.74) is 2.71. The van der Waals surface area contributed by atoms with E-state index in [9.17, 15) is 13.6 Å². The van der Waals surface area contributed by atoms with E-state index < -0.39 is 17.2 Å². The summed E-state index contributed by atoms with van der Waals surface area (Å²) in [6.45, 7) is 5.74. The summed E-state index contributed by atoms with van der Waals surface area (Å²) in [7, 11) is 1.58. The van der Waals surface area contributed by atoms with E-state index in [0.717, 1.165) is 29.1 Å². The molecule has 35 heavy (non-hydrogen) atoms. The van der Waals surface area contributed by atoms with Gasteiger partial charge < -0.3 is 14.0 Å². The molecule has 0 spiro atoms. The van der Waals surface area contributed by atoms with Crippen molar-refractivity contribution in [2.24, 2.45) is 0 Å². The molecule has 1 amide bonds. The van der Waals surface area contributed by atoms with E-state index in [1.165, 1.54) is 6.07 Å². The molecule has 3 heterocycles. The molecule has 2 aliphatic heterocycles. The Labute approximate surface area is 202 Å². The zero-order chi connectivity index (χ0) is 24.9. The van der Waals surface area contributed by atoms with E-state index >= 15 is 0 Å². The average molecular weight is 478 g/mol. The fourth-order valence-corrected chi connectivity index (χ4v) is 4.66. The van der Waals surface area contributed by atoms with Gasteiger partial charge in [-0.1, -0.05) is 12.1 Å². The SMILES string of the molecule is COc1cc(/C=C2/OC(C)(C)[C@@H]3CC=C(c4ccc(F)c(F)c4)N3C2=O)ccc1-n1cnc(C)c1. The summed E-state index contributed by atoms with van der Waals surface area (Å²) >= 11 is 0. The van der Waals surface area contributed by atoms with Gasteiger partial charge in [0.2, 0.25) is 0 Å². The first-order valence-corrected chi connectivity index (χ1v) is 11.3. The van der Waals surface area contributed by atoms with Crippen molar-refractivity contribution in [3.63, 3.8) is 0 Å². The fourth-order valence-electron chi connectivity index (χ4n) is 4.66. The van der Waals surface area contributed by atoms with Crippen molar-refractivity contribution >= 4 is 17.7 Å². The zero-order valence-electron chi connectivity index (χ0n) is 19.9. The maximum Gasteiger partial charge on any atom is 0.293 e. The van der Waals surface area contributed by atoms with Crippen LogP contribution in [0.3, 0.4) is 0 Å². The second-order valence-electron chi connectivity index (χ2n) is 9.21. The van der Waals surface area contributed by atoms with Crippen LogP contribution in [0.1, 0.15) is 37.1 Å². The molecule has 0 aliphatic carbocycles. The number of hydrogen-bond donors (Lipinski definition) is 0. The normalized spacial score (nSPS) is 20.0. The molecule has 1 fully saturated rings. The van der Waals surface area contributed by atoms with Gasteiger partial charge in [-0.2, -0.15) is 0 Å². The van der Waals surface area contributed by atoms with Crippen LogP contribution in [-0.2, 0) is 9.53 Å². The second kappa shape index (κ2) is 8.37. The highest BCUT2D eigenvalue weighted by Gasteiger charge is 2.49. The monoisotopic (exact) mass is 477 g/mol. The van der Waals surface area contributed by atoms with Gasteiger partial charge in [-0.3, -0.25) is 9.69 Å². The summed E-state index contributed by atoms with van der Waals surface area (Å²) in [6, 6.07) is 8.97. The van der Waals surface area contributed by atoms with E-state index in [1.807, 2.05) is 55.8 Å². The van der Waals surface area contributed by atoms with Gasteiger partial charge in [0, 0.05) is 17.5 Å². The predicted molar refractivity (Wildman–Crippen MR) is 128 cm³/mol. The lowest BCUT2D eigenvalue weighted by molar-refractivity contribution is -0.147. The Hall–Kier alpha value is -3.94. The molecule has 0 radical (unpaired) electrons. The highest BCUT2D eigenvalue weighted by molar-refractivity contribution is 6.02. The van der Waals surface area contributed by atoms with Crippen molar-refractivity contribution in [3.8, 4) is 11.4 Å². The van der Waals surface area contributed by atoms with E-state index in [4.69, 9.17) is 9.47 Å². The topological polar surface area (TPSA) is 56.6 Å². The molecule has 0 N–H and O–H groups in total. The molecule has 1 aromatic heterocycles. The van der Waals surface area contributed by atoms with Crippen molar-refractivity contribution in [3.05, 3.63) is 89.2 Å². The van der Waals surface area contributed by atoms with Crippen LogP contribution >= 0.6 is 0 Å². The Morgan fingerprint density at radius 3 is 2.66 bits per heavy atom. The van der Waals surface area contributed by atoms with Crippen molar-refractivity contribution in [2.45, 2.75) is 38.8 Å². The molecule has 180 valence electrons. The molecule has 5 rings (SSSR count). The van der Waals surface area contributed by atoms with Crippen LogP contribution in [0, 0.1) is 18.6 Å². The van der Waals surface area contributed by atoms with Gasteiger partial charge in [0.15, 0.2) is 17.4 Å². The molecular weight excluding hydrogens is 452 g/mol. The predicted octanol–water partition coefficient (Wildman–Crippen LogP) is 5.26. The molecule has 2 aromatic carbocycles. The van der Waals surface area contributed by atoms with Crippen LogP contribution in [0.2, 0.25) is 0 Å². The molecule has 0 unspecified atom stereocenters. The number of morpholine rings is 1. The number of amides is 1. The van der Waals surface area contributed by atoms with Gasteiger partial charge in [-0.25, -0.2) is 13.8 Å². The highest BCUT2D eigenvalue weighted by atomic mass is 19.2. The summed E-state index contributed by atoms with van der Waals surface area (Å²) < 4.78 is 41.1. The second-order valence-corrected chi connectivity index (χ2v) is 9.21. The van der Waals surface area contributed by atoms with E-state index in [-0.39, 0.29) is 17.7 Å². The van der Waals surface area contributed by atoms with Crippen LogP contribution in [0.4, 0.5) is 8.78 Å². The average Bonchev–Trinajstić information content (AvgIpc) is 3.46. The number of rotatable bonds is 4. The van der Waals surface area contributed by atoms with Crippen molar-refractivity contribution in [1.82, 2.24) is 14.5 Å². The summed E-state index contributed by atoms with van der Waals surface area (Å²) in [5, 5.41) is 0. The van der Waals surface area contributed by atoms with Crippen LogP contribution in [0.5, 0.6) is 5.75 Å². The van der Waals surface area contributed by atoms with E-state index in [0.29, 0.717) is 23.4 Å². The minimum absolute atomic E-state index is 0.162. The number of imidazole rings is 1. The smallest absolute Gasteiger partial charge is 0.293 e. The van der Waals surface area contributed by atoms with Crippen LogP contribution in [0.25, 0.3) is 17.5 Å². The van der Waals surface area contributed by atoms with Gasteiger partial charge in [-0.05, 0) is 69.2 Å². The molecule has 8 heteroatoms. The summed E-state index contributed by atoms with van der Waals surface area (Å²) in [4.78, 5) is 19.4. The Bertz CT molecular complexity index is 1390. The largest absolute Gasteiger partial charge is 0.495 e. The van der Waals surface area contributed by atoms with Gasteiger partial charge in [0.1, 0.15) is 11.4 Å². The number of fused-ring (bicyclic) bond motifs is 1. The maximum absolute atomic E-state index is 13.9.